The minimum absolute atomic E-state index is 0.0435. The van der Waals surface area contributed by atoms with Crippen LogP contribution in [-0.2, 0) is 14.3 Å². The van der Waals surface area contributed by atoms with E-state index in [0.29, 0.717) is 18.8 Å². The topological polar surface area (TPSA) is 71.1 Å². The predicted molar refractivity (Wildman–Crippen MR) is 112 cm³/mol. The molecule has 0 spiro atoms. The molecule has 0 radical (unpaired) electrons. The third-order valence-electron chi connectivity index (χ3n) is 5.39. The Morgan fingerprint density at radius 2 is 1.69 bits per heavy atom. The van der Waals surface area contributed by atoms with Crippen molar-refractivity contribution < 1.29 is 32.2 Å². The number of carbonyl (C=O) groups excluding carboxylic acids is 2. The van der Waals surface area contributed by atoms with Gasteiger partial charge in [-0.15, -0.1) is 0 Å². The summed E-state index contributed by atoms with van der Waals surface area (Å²) in [5.74, 6) is -2.27. The van der Waals surface area contributed by atoms with E-state index in [-0.39, 0.29) is 25.7 Å². The molecule has 0 aromatic heterocycles. The molecule has 1 amide bonds. The molecule has 2 heterocycles. The number of ether oxygens (including phenoxy) is 2. The number of halogens is 3. The van der Waals surface area contributed by atoms with E-state index in [2.05, 4.69) is 5.32 Å². The molecule has 1 N–H and O–H groups in total. The van der Waals surface area contributed by atoms with E-state index >= 15 is 0 Å². The van der Waals surface area contributed by atoms with Crippen LogP contribution >= 0.6 is 0 Å². The normalized spacial score (nSPS) is 20.9. The maximum Gasteiger partial charge on any atom is 0.471 e. The molecule has 2 aliphatic heterocycles. The largest absolute Gasteiger partial charge is 0.471 e. The zero-order valence-electron chi connectivity index (χ0n) is 18.6. The minimum Gasteiger partial charge on any atom is -0.456 e. The lowest BCUT2D eigenvalue weighted by Gasteiger charge is -2.45. The summed E-state index contributed by atoms with van der Waals surface area (Å²) >= 11 is 0. The molecular formula is C22H30F3N3O4. The van der Waals surface area contributed by atoms with E-state index in [9.17, 15) is 22.8 Å². The number of anilines is 1. The van der Waals surface area contributed by atoms with Crippen molar-refractivity contribution in [3.8, 4) is 0 Å². The highest BCUT2D eigenvalue weighted by atomic mass is 19.4. The van der Waals surface area contributed by atoms with E-state index in [1.54, 1.807) is 45.0 Å². The van der Waals surface area contributed by atoms with Gasteiger partial charge >= 0.3 is 18.1 Å². The van der Waals surface area contributed by atoms with Crippen molar-refractivity contribution in [3.63, 3.8) is 0 Å². The van der Waals surface area contributed by atoms with Crippen molar-refractivity contribution >= 4 is 17.6 Å². The summed E-state index contributed by atoms with van der Waals surface area (Å²) in [6, 6.07) is 6.86. The van der Waals surface area contributed by atoms with Crippen LogP contribution in [0.4, 0.5) is 18.9 Å². The fraction of sp³-hybridized carbons (Fsp3) is 0.636. The Bertz CT molecular complexity index is 802. The van der Waals surface area contributed by atoms with Gasteiger partial charge in [0.1, 0.15) is 5.60 Å². The van der Waals surface area contributed by atoms with Gasteiger partial charge < -0.3 is 19.3 Å². The summed E-state index contributed by atoms with van der Waals surface area (Å²) in [6.45, 7) is 6.62. The van der Waals surface area contributed by atoms with Crippen LogP contribution in [0, 0.1) is 0 Å². The number of benzene rings is 1. The number of amides is 1. The molecule has 7 nitrogen and oxygen atoms in total. The number of alkyl halides is 3. The number of hydrogen-bond acceptors (Lipinski definition) is 6. The summed E-state index contributed by atoms with van der Waals surface area (Å²) in [6.07, 6.45) is -3.91. The van der Waals surface area contributed by atoms with E-state index in [1.807, 2.05) is 4.90 Å². The van der Waals surface area contributed by atoms with Crippen LogP contribution in [0.5, 0.6) is 0 Å². The van der Waals surface area contributed by atoms with Gasteiger partial charge in [0.25, 0.3) is 0 Å². The van der Waals surface area contributed by atoms with Crippen LogP contribution in [0.2, 0.25) is 0 Å². The van der Waals surface area contributed by atoms with Crippen LogP contribution in [-0.4, -0.2) is 73.6 Å². The van der Waals surface area contributed by atoms with Crippen molar-refractivity contribution in [1.82, 2.24) is 10.2 Å². The first-order chi connectivity index (χ1) is 14.9. The molecule has 1 aromatic carbocycles. The highest BCUT2D eigenvalue weighted by Gasteiger charge is 2.45. The van der Waals surface area contributed by atoms with Gasteiger partial charge in [-0.1, -0.05) is 0 Å². The average Bonchev–Trinajstić information content (AvgIpc) is 2.72. The van der Waals surface area contributed by atoms with Gasteiger partial charge in [0.15, 0.2) is 0 Å². The molecule has 1 unspecified atom stereocenters. The monoisotopic (exact) mass is 457 g/mol. The van der Waals surface area contributed by atoms with Crippen molar-refractivity contribution in [1.29, 1.82) is 0 Å². The lowest BCUT2D eigenvalue weighted by atomic mass is 10.1. The number of hydrogen-bond donors (Lipinski definition) is 1. The molecule has 178 valence electrons. The predicted octanol–water partition coefficient (Wildman–Crippen LogP) is 2.95. The van der Waals surface area contributed by atoms with Crippen molar-refractivity contribution in [2.24, 2.45) is 0 Å². The van der Waals surface area contributed by atoms with Crippen molar-refractivity contribution in [3.05, 3.63) is 29.8 Å². The van der Waals surface area contributed by atoms with E-state index < -0.39 is 29.8 Å². The molecular weight excluding hydrogens is 427 g/mol. The molecule has 0 bridgehead atoms. The Kier molecular flexibility index (Phi) is 7.34. The standard InChI is InChI=1S/C22H30F3N3O4/c1-21(2,3)32-19(29)15-4-6-17(7-5-15)28-11-10-27(20(30)22(23,24)25)14-18(28)26-16-8-12-31-13-9-16/h4-7,16,18,26H,8-14H2,1-3H3. The summed E-state index contributed by atoms with van der Waals surface area (Å²) in [5.41, 5.74) is 0.528. The quantitative estimate of drug-likeness (QED) is 0.702. The second-order valence-corrected chi connectivity index (χ2v) is 9.06. The number of carbonyl (C=O) groups is 2. The summed E-state index contributed by atoms with van der Waals surface area (Å²) in [5, 5.41) is 3.40. The van der Waals surface area contributed by atoms with Gasteiger partial charge in [-0.05, 0) is 57.9 Å². The molecule has 10 heteroatoms. The molecule has 0 aliphatic carbocycles. The number of esters is 1. The average molecular weight is 457 g/mol. The Balaban J connectivity index is 1.76. The zero-order chi connectivity index (χ0) is 23.5. The molecule has 0 saturated carbocycles. The van der Waals surface area contributed by atoms with Gasteiger partial charge in [-0.2, -0.15) is 13.2 Å². The second-order valence-electron chi connectivity index (χ2n) is 9.06. The van der Waals surface area contributed by atoms with E-state index in [0.717, 1.165) is 23.4 Å². The van der Waals surface area contributed by atoms with Crippen LogP contribution in [0.1, 0.15) is 44.0 Å². The minimum atomic E-state index is -4.90. The van der Waals surface area contributed by atoms with Crippen LogP contribution in [0.25, 0.3) is 0 Å². The molecule has 2 saturated heterocycles. The number of piperazine rings is 1. The zero-order valence-corrected chi connectivity index (χ0v) is 18.6. The number of rotatable bonds is 4. The Morgan fingerprint density at radius 3 is 2.25 bits per heavy atom. The van der Waals surface area contributed by atoms with Gasteiger partial charge in [0, 0.05) is 38.0 Å². The second kappa shape index (κ2) is 9.66. The molecule has 2 fully saturated rings. The van der Waals surface area contributed by atoms with Crippen LogP contribution in [0.15, 0.2) is 24.3 Å². The summed E-state index contributed by atoms with van der Waals surface area (Å²) < 4.78 is 49.7. The maximum atomic E-state index is 13.0. The third-order valence-corrected chi connectivity index (χ3v) is 5.39. The first-order valence-corrected chi connectivity index (χ1v) is 10.7. The molecule has 2 aliphatic rings. The fourth-order valence-corrected chi connectivity index (χ4v) is 3.86. The molecule has 1 aromatic rings. The lowest BCUT2D eigenvalue weighted by Crippen LogP contribution is -2.63. The summed E-state index contributed by atoms with van der Waals surface area (Å²) in [4.78, 5) is 26.9. The van der Waals surface area contributed by atoms with Gasteiger partial charge in [0.2, 0.25) is 0 Å². The molecule has 1 atom stereocenters. The molecule has 32 heavy (non-hydrogen) atoms. The highest BCUT2D eigenvalue weighted by molar-refractivity contribution is 5.90. The van der Waals surface area contributed by atoms with Gasteiger partial charge in [-0.25, -0.2) is 4.79 Å². The SMILES string of the molecule is CC(C)(C)OC(=O)c1ccc(N2CCN(C(=O)C(F)(F)F)CC2NC2CCOCC2)cc1. The van der Waals surface area contributed by atoms with Gasteiger partial charge in [-0.3, -0.25) is 10.1 Å². The third kappa shape index (κ3) is 6.35. The van der Waals surface area contributed by atoms with Crippen molar-refractivity contribution in [2.75, 3.05) is 37.7 Å². The Hall–Kier alpha value is -2.33. The smallest absolute Gasteiger partial charge is 0.456 e. The highest BCUT2D eigenvalue weighted by Crippen LogP contribution is 2.25. The van der Waals surface area contributed by atoms with Gasteiger partial charge in [0.05, 0.1) is 18.3 Å². The lowest BCUT2D eigenvalue weighted by molar-refractivity contribution is -0.186. The number of nitrogens with zero attached hydrogens (tertiary/aromatic N) is 2. The summed E-state index contributed by atoms with van der Waals surface area (Å²) in [7, 11) is 0. The first kappa shape index (κ1) is 24.3. The van der Waals surface area contributed by atoms with E-state index in [4.69, 9.17) is 9.47 Å². The number of nitrogens with one attached hydrogen (secondary N) is 1. The van der Waals surface area contributed by atoms with Crippen LogP contribution in [0.3, 0.4) is 0 Å². The van der Waals surface area contributed by atoms with Crippen LogP contribution < -0.4 is 10.2 Å². The molecule has 3 rings (SSSR count). The van der Waals surface area contributed by atoms with E-state index in [1.165, 1.54) is 0 Å². The Labute approximate surface area is 185 Å². The Morgan fingerprint density at radius 1 is 1.06 bits per heavy atom. The maximum absolute atomic E-state index is 13.0. The first-order valence-electron chi connectivity index (χ1n) is 10.7. The fourth-order valence-electron chi connectivity index (χ4n) is 3.86. The van der Waals surface area contributed by atoms with Crippen molar-refractivity contribution in [2.45, 2.75) is 57.6 Å².